The minimum absolute atomic E-state index is 0.0142. The molecule has 0 aromatic heterocycles. The van der Waals surface area contributed by atoms with Crippen molar-refractivity contribution in [1.82, 2.24) is 10.6 Å². The molecular formula is C15H26N2O2. The molecule has 4 nitrogen and oxygen atoms in total. The van der Waals surface area contributed by atoms with Crippen molar-refractivity contribution in [3.8, 4) is 0 Å². The highest BCUT2D eigenvalue weighted by Crippen LogP contribution is 2.29. The molecule has 0 bridgehead atoms. The number of rotatable bonds is 6. The Morgan fingerprint density at radius 3 is 2.58 bits per heavy atom. The zero-order valence-corrected chi connectivity index (χ0v) is 12.1. The van der Waals surface area contributed by atoms with E-state index in [0.717, 1.165) is 6.42 Å². The topological polar surface area (TPSA) is 58.2 Å². The molecule has 1 saturated carbocycles. The van der Waals surface area contributed by atoms with Gasteiger partial charge in [-0.1, -0.05) is 32.8 Å². The van der Waals surface area contributed by atoms with Gasteiger partial charge in [0.05, 0.1) is 0 Å². The van der Waals surface area contributed by atoms with Gasteiger partial charge in [0.15, 0.2) is 0 Å². The van der Waals surface area contributed by atoms with Crippen molar-refractivity contribution >= 4 is 11.8 Å². The monoisotopic (exact) mass is 266 g/mol. The quantitative estimate of drug-likeness (QED) is 0.723. The van der Waals surface area contributed by atoms with Gasteiger partial charge in [-0.2, -0.15) is 0 Å². The van der Waals surface area contributed by atoms with Crippen molar-refractivity contribution in [3.63, 3.8) is 0 Å². The molecule has 1 fully saturated rings. The van der Waals surface area contributed by atoms with E-state index in [-0.39, 0.29) is 30.7 Å². The Hall–Kier alpha value is -1.32. The molecule has 2 N–H and O–H groups in total. The lowest BCUT2D eigenvalue weighted by Crippen LogP contribution is -2.43. The molecule has 1 aliphatic carbocycles. The van der Waals surface area contributed by atoms with Gasteiger partial charge in [0.1, 0.15) is 0 Å². The van der Waals surface area contributed by atoms with E-state index in [1.807, 2.05) is 0 Å². The van der Waals surface area contributed by atoms with E-state index in [1.54, 1.807) is 6.08 Å². The van der Waals surface area contributed by atoms with Crippen LogP contribution in [-0.4, -0.2) is 24.4 Å². The normalized spacial score (nSPS) is 26.5. The van der Waals surface area contributed by atoms with Gasteiger partial charge in [0.2, 0.25) is 11.8 Å². The van der Waals surface area contributed by atoms with Gasteiger partial charge < -0.3 is 10.6 Å². The summed E-state index contributed by atoms with van der Waals surface area (Å²) in [5, 5.41) is 5.74. The lowest BCUT2D eigenvalue weighted by molar-refractivity contribution is -0.127. The van der Waals surface area contributed by atoms with Crippen LogP contribution in [0.2, 0.25) is 0 Å². The summed E-state index contributed by atoms with van der Waals surface area (Å²) in [6.45, 7) is 8.42. The molecule has 0 radical (unpaired) electrons. The van der Waals surface area contributed by atoms with Crippen LogP contribution < -0.4 is 10.6 Å². The van der Waals surface area contributed by atoms with E-state index in [0.29, 0.717) is 18.4 Å². The summed E-state index contributed by atoms with van der Waals surface area (Å²) in [5.41, 5.74) is 0. The Morgan fingerprint density at radius 2 is 1.89 bits per heavy atom. The highest BCUT2D eigenvalue weighted by Gasteiger charge is 2.27. The molecule has 1 rings (SSSR count). The molecule has 0 aromatic carbocycles. The summed E-state index contributed by atoms with van der Waals surface area (Å²) < 4.78 is 0. The van der Waals surface area contributed by atoms with Crippen molar-refractivity contribution in [3.05, 3.63) is 12.7 Å². The van der Waals surface area contributed by atoms with Gasteiger partial charge in [0, 0.05) is 25.4 Å². The van der Waals surface area contributed by atoms with Crippen molar-refractivity contribution in [2.45, 2.75) is 52.0 Å². The van der Waals surface area contributed by atoms with E-state index in [9.17, 15) is 9.59 Å². The SMILES string of the molecule is C=CCNC(=O)CCC(=O)N[C@@H]1CCC[C@H](C)[C@H]1C. The van der Waals surface area contributed by atoms with Gasteiger partial charge >= 0.3 is 0 Å². The number of hydrogen-bond donors (Lipinski definition) is 2. The molecule has 0 unspecified atom stereocenters. The number of amides is 2. The Kier molecular flexibility index (Phi) is 6.60. The minimum Gasteiger partial charge on any atom is -0.353 e. The summed E-state index contributed by atoms with van der Waals surface area (Å²) in [4.78, 5) is 23.2. The van der Waals surface area contributed by atoms with E-state index in [1.165, 1.54) is 12.8 Å². The molecule has 0 spiro atoms. The zero-order chi connectivity index (χ0) is 14.3. The first-order valence-electron chi connectivity index (χ1n) is 7.21. The van der Waals surface area contributed by atoms with Crippen molar-refractivity contribution < 1.29 is 9.59 Å². The van der Waals surface area contributed by atoms with Gasteiger partial charge in [-0.15, -0.1) is 6.58 Å². The highest BCUT2D eigenvalue weighted by molar-refractivity contribution is 5.83. The van der Waals surface area contributed by atoms with Gasteiger partial charge in [-0.25, -0.2) is 0 Å². The molecule has 3 atom stereocenters. The predicted octanol–water partition coefficient (Wildman–Crippen LogP) is 2.01. The third kappa shape index (κ3) is 5.45. The van der Waals surface area contributed by atoms with Crippen molar-refractivity contribution in [2.24, 2.45) is 11.8 Å². The van der Waals surface area contributed by atoms with Crippen LogP contribution in [0.25, 0.3) is 0 Å². The molecule has 0 aliphatic heterocycles. The van der Waals surface area contributed by atoms with Crippen LogP contribution in [-0.2, 0) is 9.59 Å². The van der Waals surface area contributed by atoms with E-state index >= 15 is 0 Å². The number of nitrogens with one attached hydrogen (secondary N) is 2. The second-order valence-corrected chi connectivity index (χ2v) is 5.53. The van der Waals surface area contributed by atoms with Crippen molar-refractivity contribution in [2.75, 3.05) is 6.54 Å². The zero-order valence-electron chi connectivity index (χ0n) is 12.1. The first-order chi connectivity index (χ1) is 9.04. The fourth-order valence-electron chi connectivity index (χ4n) is 2.57. The van der Waals surface area contributed by atoms with E-state index < -0.39 is 0 Å². The fourth-order valence-corrected chi connectivity index (χ4v) is 2.57. The maximum atomic E-state index is 11.8. The summed E-state index contributed by atoms with van der Waals surface area (Å²) >= 11 is 0. The molecular weight excluding hydrogens is 240 g/mol. The molecule has 19 heavy (non-hydrogen) atoms. The number of carbonyl (C=O) groups excluding carboxylic acids is 2. The predicted molar refractivity (Wildman–Crippen MR) is 76.6 cm³/mol. The Labute approximate surface area is 116 Å². The molecule has 0 saturated heterocycles. The molecule has 0 aromatic rings. The van der Waals surface area contributed by atoms with Crippen LogP contribution in [0.1, 0.15) is 46.0 Å². The number of carbonyl (C=O) groups is 2. The Bertz CT molecular complexity index is 328. The summed E-state index contributed by atoms with van der Waals surface area (Å²) in [7, 11) is 0. The molecule has 2 amide bonds. The average Bonchev–Trinajstić information content (AvgIpc) is 2.39. The summed E-state index contributed by atoms with van der Waals surface area (Å²) in [5.74, 6) is 1.07. The van der Waals surface area contributed by atoms with Crippen LogP contribution in [0, 0.1) is 11.8 Å². The minimum atomic E-state index is -0.0971. The van der Waals surface area contributed by atoms with Crippen LogP contribution in [0.3, 0.4) is 0 Å². The lowest BCUT2D eigenvalue weighted by atomic mass is 9.78. The van der Waals surface area contributed by atoms with Crippen LogP contribution in [0.4, 0.5) is 0 Å². The Morgan fingerprint density at radius 1 is 1.21 bits per heavy atom. The van der Waals surface area contributed by atoms with Gasteiger partial charge in [-0.3, -0.25) is 9.59 Å². The molecule has 4 heteroatoms. The smallest absolute Gasteiger partial charge is 0.220 e. The fraction of sp³-hybridized carbons (Fsp3) is 0.733. The Balaban J connectivity index is 2.26. The third-order valence-electron chi connectivity index (χ3n) is 4.08. The maximum absolute atomic E-state index is 11.8. The van der Waals surface area contributed by atoms with Crippen molar-refractivity contribution in [1.29, 1.82) is 0 Å². The average molecular weight is 266 g/mol. The molecule has 108 valence electrons. The van der Waals surface area contributed by atoms with Crippen LogP contribution >= 0.6 is 0 Å². The van der Waals surface area contributed by atoms with E-state index in [4.69, 9.17) is 0 Å². The number of hydrogen-bond acceptors (Lipinski definition) is 2. The second-order valence-electron chi connectivity index (χ2n) is 5.53. The van der Waals surface area contributed by atoms with Crippen LogP contribution in [0.5, 0.6) is 0 Å². The van der Waals surface area contributed by atoms with Crippen LogP contribution in [0.15, 0.2) is 12.7 Å². The first-order valence-corrected chi connectivity index (χ1v) is 7.21. The lowest BCUT2D eigenvalue weighted by Gasteiger charge is -2.34. The van der Waals surface area contributed by atoms with Gasteiger partial charge in [-0.05, 0) is 18.3 Å². The largest absolute Gasteiger partial charge is 0.353 e. The summed E-state index contributed by atoms with van der Waals surface area (Å²) in [6, 6.07) is 0.271. The summed E-state index contributed by atoms with van der Waals surface area (Å²) in [6.07, 6.45) is 5.62. The molecule has 1 aliphatic rings. The van der Waals surface area contributed by atoms with Gasteiger partial charge in [0.25, 0.3) is 0 Å². The third-order valence-corrected chi connectivity index (χ3v) is 4.08. The first kappa shape index (κ1) is 15.7. The standard InChI is InChI=1S/C15H26N2O2/c1-4-10-16-14(18)8-9-15(19)17-13-7-5-6-11(2)12(13)3/h4,11-13H,1,5-10H2,2-3H3,(H,16,18)(H,17,19)/t11-,12+,13+/m0/s1. The molecule has 0 heterocycles. The van der Waals surface area contributed by atoms with E-state index in [2.05, 4.69) is 31.1 Å². The second kappa shape index (κ2) is 7.97. The maximum Gasteiger partial charge on any atom is 0.220 e. The highest BCUT2D eigenvalue weighted by atomic mass is 16.2.